The van der Waals surface area contributed by atoms with E-state index in [1.54, 1.807) is 0 Å². The molecule has 0 bridgehead atoms. The van der Waals surface area contributed by atoms with Crippen molar-refractivity contribution in [3.8, 4) is 0 Å². The molecule has 2 rings (SSSR count). The van der Waals surface area contributed by atoms with Gasteiger partial charge in [0.25, 0.3) is 0 Å². The zero-order valence-corrected chi connectivity index (χ0v) is 9.44. The summed E-state index contributed by atoms with van der Waals surface area (Å²) in [6.45, 7) is 2.08. The molecule has 1 heterocycles. The number of halogens is 2. The number of nitrogens with one attached hydrogen (secondary N) is 1. The van der Waals surface area contributed by atoms with Crippen molar-refractivity contribution in [3.05, 3.63) is 28.2 Å². The Hall–Kier alpha value is -0.440. The standard InChI is InChI=1S/C10H12Cl2N2/c1-14(8-5-13-6-8)7-2-3-9(11)10(12)4-7/h2-4,8,13H,5-6H2,1H3. The fourth-order valence-electron chi connectivity index (χ4n) is 1.46. The highest BCUT2D eigenvalue weighted by molar-refractivity contribution is 6.42. The molecule has 1 aliphatic rings. The molecule has 0 aliphatic carbocycles. The maximum Gasteiger partial charge on any atom is 0.0612 e. The fourth-order valence-corrected chi connectivity index (χ4v) is 1.75. The molecule has 0 saturated carbocycles. The largest absolute Gasteiger partial charge is 0.369 e. The van der Waals surface area contributed by atoms with E-state index in [4.69, 9.17) is 23.2 Å². The first-order valence-electron chi connectivity index (χ1n) is 4.57. The van der Waals surface area contributed by atoms with Gasteiger partial charge in [-0.05, 0) is 18.2 Å². The summed E-state index contributed by atoms with van der Waals surface area (Å²) in [6, 6.07) is 6.31. The van der Waals surface area contributed by atoms with Crippen molar-refractivity contribution in [2.24, 2.45) is 0 Å². The molecule has 1 fully saturated rings. The number of hydrogen-bond acceptors (Lipinski definition) is 2. The first kappa shape index (κ1) is 10.1. The minimum absolute atomic E-state index is 0.576. The van der Waals surface area contributed by atoms with E-state index in [9.17, 15) is 0 Å². The van der Waals surface area contributed by atoms with E-state index < -0.39 is 0 Å². The average Bonchev–Trinajstić information content (AvgIpc) is 2.06. The molecular weight excluding hydrogens is 219 g/mol. The van der Waals surface area contributed by atoms with Crippen molar-refractivity contribution in [1.29, 1.82) is 0 Å². The third kappa shape index (κ3) is 1.83. The van der Waals surface area contributed by atoms with Crippen molar-refractivity contribution >= 4 is 28.9 Å². The molecule has 0 unspecified atom stereocenters. The normalized spacial score (nSPS) is 16.5. The molecule has 4 heteroatoms. The number of likely N-dealkylation sites (N-methyl/N-ethyl adjacent to an activating group) is 1. The summed E-state index contributed by atoms with van der Waals surface area (Å²) in [7, 11) is 2.07. The fraction of sp³-hybridized carbons (Fsp3) is 0.400. The summed E-state index contributed by atoms with van der Waals surface area (Å²) >= 11 is 11.8. The predicted molar refractivity (Wildman–Crippen MR) is 61.5 cm³/mol. The zero-order chi connectivity index (χ0) is 10.1. The van der Waals surface area contributed by atoms with Gasteiger partial charge in [-0.15, -0.1) is 0 Å². The molecule has 14 heavy (non-hydrogen) atoms. The zero-order valence-electron chi connectivity index (χ0n) is 7.93. The molecule has 2 nitrogen and oxygen atoms in total. The van der Waals surface area contributed by atoms with Crippen LogP contribution >= 0.6 is 23.2 Å². The van der Waals surface area contributed by atoms with Crippen LogP contribution in [0.1, 0.15) is 0 Å². The van der Waals surface area contributed by atoms with Crippen molar-refractivity contribution < 1.29 is 0 Å². The van der Waals surface area contributed by atoms with Crippen LogP contribution in [0.2, 0.25) is 10.0 Å². The first-order chi connectivity index (χ1) is 6.68. The van der Waals surface area contributed by atoms with Crippen molar-refractivity contribution in [2.45, 2.75) is 6.04 Å². The smallest absolute Gasteiger partial charge is 0.0612 e. The number of rotatable bonds is 2. The Morgan fingerprint density at radius 2 is 2.00 bits per heavy atom. The second-order valence-electron chi connectivity index (χ2n) is 3.52. The van der Waals surface area contributed by atoms with Gasteiger partial charge in [0.15, 0.2) is 0 Å². The minimum atomic E-state index is 0.576. The Bertz CT molecular complexity index is 337. The first-order valence-corrected chi connectivity index (χ1v) is 5.32. The Kier molecular flexibility index (Phi) is 2.86. The summed E-state index contributed by atoms with van der Waals surface area (Å²) in [4.78, 5) is 2.22. The van der Waals surface area contributed by atoms with E-state index in [1.165, 1.54) is 0 Å². The number of nitrogens with zero attached hydrogens (tertiary/aromatic N) is 1. The Labute approximate surface area is 93.8 Å². The van der Waals surface area contributed by atoms with Gasteiger partial charge in [0.05, 0.1) is 16.1 Å². The van der Waals surface area contributed by atoms with Crippen LogP contribution in [0.3, 0.4) is 0 Å². The maximum absolute atomic E-state index is 5.95. The van der Waals surface area contributed by atoms with Crippen LogP contribution in [-0.4, -0.2) is 26.2 Å². The van der Waals surface area contributed by atoms with Gasteiger partial charge in [0, 0.05) is 25.8 Å². The highest BCUT2D eigenvalue weighted by atomic mass is 35.5. The molecule has 0 spiro atoms. The summed E-state index contributed by atoms with van der Waals surface area (Å²) in [5.74, 6) is 0. The van der Waals surface area contributed by atoms with E-state index in [2.05, 4.69) is 17.3 Å². The number of anilines is 1. The van der Waals surface area contributed by atoms with E-state index in [1.807, 2.05) is 18.2 Å². The van der Waals surface area contributed by atoms with Crippen LogP contribution in [0.4, 0.5) is 5.69 Å². The van der Waals surface area contributed by atoms with E-state index in [0.717, 1.165) is 18.8 Å². The highest BCUT2D eigenvalue weighted by Gasteiger charge is 2.21. The number of hydrogen-bond donors (Lipinski definition) is 1. The summed E-state index contributed by atoms with van der Waals surface area (Å²) < 4.78 is 0. The van der Waals surface area contributed by atoms with Gasteiger partial charge in [-0.2, -0.15) is 0 Å². The predicted octanol–water partition coefficient (Wildman–Crippen LogP) is 2.40. The topological polar surface area (TPSA) is 15.3 Å². The van der Waals surface area contributed by atoms with Crippen LogP contribution in [0.15, 0.2) is 18.2 Å². The number of benzene rings is 1. The second-order valence-corrected chi connectivity index (χ2v) is 4.34. The third-order valence-electron chi connectivity index (χ3n) is 2.62. The van der Waals surface area contributed by atoms with Crippen LogP contribution in [0, 0.1) is 0 Å². The third-order valence-corrected chi connectivity index (χ3v) is 3.36. The van der Waals surface area contributed by atoms with Gasteiger partial charge < -0.3 is 10.2 Å². The Morgan fingerprint density at radius 1 is 1.29 bits per heavy atom. The molecule has 0 radical (unpaired) electrons. The van der Waals surface area contributed by atoms with Gasteiger partial charge in [-0.25, -0.2) is 0 Å². The lowest BCUT2D eigenvalue weighted by Crippen LogP contribution is -2.56. The van der Waals surface area contributed by atoms with Crippen LogP contribution in [-0.2, 0) is 0 Å². The van der Waals surface area contributed by atoms with E-state index >= 15 is 0 Å². The molecule has 1 saturated heterocycles. The lowest BCUT2D eigenvalue weighted by Gasteiger charge is -2.37. The van der Waals surface area contributed by atoms with Gasteiger partial charge in [0.1, 0.15) is 0 Å². The molecule has 0 atom stereocenters. The molecule has 1 aromatic rings. The second kappa shape index (κ2) is 3.97. The van der Waals surface area contributed by atoms with E-state index in [0.29, 0.717) is 16.1 Å². The minimum Gasteiger partial charge on any atom is -0.369 e. The van der Waals surface area contributed by atoms with Crippen molar-refractivity contribution in [1.82, 2.24) is 5.32 Å². The summed E-state index contributed by atoms with van der Waals surface area (Å²) in [5.41, 5.74) is 1.12. The van der Waals surface area contributed by atoms with Crippen molar-refractivity contribution in [2.75, 3.05) is 25.0 Å². The monoisotopic (exact) mass is 230 g/mol. The van der Waals surface area contributed by atoms with Crippen LogP contribution in [0.25, 0.3) is 0 Å². The Balaban J connectivity index is 2.18. The molecule has 76 valence electrons. The average molecular weight is 231 g/mol. The lowest BCUT2D eigenvalue weighted by molar-refractivity contribution is 0.429. The summed E-state index contributed by atoms with van der Waals surface area (Å²) in [6.07, 6.45) is 0. The molecule has 0 aromatic heterocycles. The van der Waals surface area contributed by atoms with E-state index in [-0.39, 0.29) is 0 Å². The summed E-state index contributed by atoms with van der Waals surface area (Å²) in [5, 5.41) is 4.46. The maximum atomic E-state index is 5.95. The molecular formula is C10H12Cl2N2. The molecule has 1 N–H and O–H groups in total. The SMILES string of the molecule is CN(c1ccc(Cl)c(Cl)c1)C1CNC1. The lowest BCUT2D eigenvalue weighted by atomic mass is 10.1. The van der Waals surface area contributed by atoms with Crippen LogP contribution in [0.5, 0.6) is 0 Å². The quantitative estimate of drug-likeness (QED) is 0.840. The van der Waals surface area contributed by atoms with Gasteiger partial charge in [-0.1, -0.05) is 23.2 Å². The highest BCUT2D eigenvalue weighted by Crippen LogP contribution is 2.27. The van der Waals surface area contributed by atoms with Crippen molar-refractivity contribution in [3.63, 3.8) is 0 Å². The Morgan fingerprint density at radius 3 is 2.50 bits per heavy atom. The molecule has 1 aromatic carbocycles. The van der Waals surface area contributed by atoms with Gasteiger partial charge in [-0.3, -0.25) is 0 Å². The molecule has 0 amide bonds. The molecule has 1 aliphatic heterocycles. The van der Waals surface area contributed by atoms with Crippen LogP contribution < -0.4 is 10.2 Å². The van der Waals surface area contributed by atoms with Gasteiger partial charge >= 0.3 is 0 Å². The van der Waals surface area contributed by atoms with Gasteiger partial charge in [0.2, 0.25) is 0 Å².